The SMILES string of the molecule is CC(C)(C#N)CCS(=O)c1ccc(F)cc1F. The van der Waals surface area contributed by atoms with E-state index in [1.165, 1.54) is 6.07 Å². The summed E-state index contributed by atoms with van der Waals surface area (Å²) in [5.74, 6) is -1.32. The van der Waals surface area contributed by atoms with Gasteiger partial charge in [0.25, 0.3) is 0 Å². The fourth-order valence-corrected chi connectivity index (χ4v) is 2.59. The summed E-state index contributed by atoms with van der Waals surface area (Å²) in [6, 6.07) is 5.05. The first-order chi connectivity index (χ1) is 7.85. The van der Waals surface area contributed by atoms with Gasteiger partial charge in [0, 0.05) is 11.8 Å². The topological polar surface area (TPSA) is 40.9 Å². The van der Waals surface area contributed by atoms with Crippen LogP contribution in [-0.2, 0) is 10.8 Å². The zero-order valence-electron chi connectivity index (χ0n) is 9.67. The molecule has 1 rings (SSSR count). The van der Waals surface area contributed by atoms with E-state index >= 15 is 0 Å². The first-order valence-electron chi connectivity index (χ1n) is 5.10. The maximum absolute atomic E-state index is 13.3. The van der Waals surface area contributed by atoms with Crippen LogP contribution in [0.5, 0.6) is 0 Å². The van der Waals surface area contributed by atoms with Gasteiger partial charge in [0.05, 0.1) is 27.2 Å². The van der Waals surface area contributed by atoms with Crippen molar-refractivity contribution < 1.29 is 13.0 Å². The smallest absolute Gasteiger partial charge is 0.142 e. The molecule has 0 amide bonds. The van der Waals surface area contributed by atoms with Crippen LogP contribution in [0.15, 0.2) is 23.1 Å². The van der Waals surface area contributed by atoms with Gasteiger partial charge in [0.15, 0.2) is 0 Å². The van der Waals surface area contributed by atoms with Gasteiger partial charge in [-0.3, -0.25) is 4.21 Å². The van der Waals surface area contributed by atoms with E-state index in [0.29, 0.717) is 12.5 Å². The van der Waals surface area contributed by atoms with Crippen molar-refractivity contribution in [1.82, 2.24) is 0 Å². The highest BCUT2D eigenvalue weighted by Gasteiger charge is 2.19. The van der Waals surface area contributed by atoms with E-state index in [0.717, 1.165) is 6.07 Å². The average molecular weight is 257 g/mol. The third-order valence-electron chi connectivity index (χ3n) is 2.35. The van der Waals surface area contributed by atoms with Gasteiger partial charge in [0.1, 0.15) is 11.6 Å². The Labute approximate surface area is 102 Å². The molecule has 0 bridgehead atoms. The number of nitrogens with zero attached hydrogens (tertiary/aromatic N) is 1. The van der Waals surface area contributed by atoms with E-state index in [2.05, 4.69) is 6.07 Å². The van der Waals surface area contributed by atoms with Gasteiger partial charge in [-0.25, -0.2) is 8.78 Å². The molecule has 1 unspecified atom stereocenters. The third kappa shape index (κ3) is 3.90. The Bertz CT molecular complexity index is 480. The Kier molecular flexibility index (Phi) is 4.35. The number of hydrogen-bond donors (Lipinski definition) is 0. The van der Waals surface area contributed by atoms with Crippen LogP contribution >= 0.6 is 0 Å². The van der Waals surface area contributed by atoms with Gasteiger partial charge < -0.3 is 0 Å². The molecule has 1 aromatic carbocycles. The van der Waals surface area contributed by atoms with Crippen molar-refractivity contribution in [2.45, 2.75) is 25.2 Å². The lowest BCUT2D eigenvalue weighted by molar-refractivity contribution is 0.478. The number of nitriles is 1. The lowest BCUT2D eigenvalue weighted by Crippen LogP contribution is -2.13. The minimum absolute atomic E-state index is 0.0138. The normalized spacial score (nSPS) is 13.1. The van der Waals surface area contributed by atoms with Crippen molar-refractivity contribution in [2.75, 3.05) is 5.75 Å². The number of rotatable bonds is 4. The van der Waals surface area contributed by atoms with E-state index in [9.17, 15) is 13.0 Å². The Hall–Kier alpha value is -1.28. The van der Waals surface area contributed by atoms with Crippen LogP contribution in [0.25, 0.3) is 0 Å². The fraction of sp³-hybridized carbons (Fsp3) is 0.417. The molecule has 0 saturated carbocycles. The van der Waals surface area contributed by atoms with Gasteiger partial charge in [0.2, 0.25) is 0 Å². The minimum atomic E-state index is -1.54. The van der Waals surface area contributed by atoms with E-state index in [-0.39, 0.29) is 10.6 Å². The van der Waals surface area contributed by atoms with Crippen LogP contribution in [-0.4, -0.2) is 9.96 Å². The Morgan fingerprint density at radius 2 is 2.06 bits per heavy atom. The van der Waals surface area contributed by atoms with Gasteiger partial charge in [-0.1, -0.05) is 0 Å². The maximum Gasteiger partial charge on any atom is 0.142 e. The third-order valence-corrected chi connectivity index (χ3v) is 3.75. The summed E-state index contributed by atoms with van der Waals surface area (Å²) in [6.45, 7) is 3.45. The summed E-state index contributed by atoms with van der Waals surface area (Å²) in [7, 11) is -1.54. The quantitative estimate of drug-likeness (QED) is 0.832. The van der Waals surface area contributed by atoms with Crippen LogP contribution in [0.3, 0.4) is 0 Å². The fourth-order valence-electron chi connectivity index (χ4n) is 1.17. The van der Waals surface area contributed by atoms with Crippen LogP contribution in [0, 0.1) is 28.4 Å². The Morgan fingerprint density at radius 1 is 1.41 bits per heavy atom. The number of benzene rings is 1. The maximum atomic E-state index is 13.3. The highest BCUT2D eigenvalue weighted by atomic mass is 32.2. The molecule has 0 aliphatic rings. The number of halogens is 2. The van der Waals surface area contributed by atoms with Crippen molar-refractivity contribution in [2.24, 2.45) is 5.41 Å². The van der Waals surface area contributed by atoms with Crippen LogP contribution in [0.1, 0.15) is 20.3 Å². The van der Waals surface area contributed by atoms with Crippen molar-refractivity contribution in [3.05, 3.63) is 29.8 Å². The average Bonchev–Trinajstić information content (AvgIpc) is 2.26. The molecule has 2 nitrogen and oxygen atoms in total. The second kappa shape index (κ2) is 5.37. The predicted octanol–water partition coefficient (Wildman–Crippen LogP) is 3.01. The molecule has 5 heteroatoms. The monoisotopic (exact) mass is 257 g/mol. The second-order valence-electron chi connectivity index (χ2n) is 4.37. The van der Waals surface area contributed by atoms with E-state index in [1.807, 2.05) is 0 Å². The molecular formula is C12H13F2NOS. The first kappa shape index (κ1) is 13.8. The summed E-state index contributed by atoms with van der Waals surface area (Å²) in [4.78, 5) is -0.0138. The summed E-state index contributed by atoms with van der Waals surface area (Å²) in [5.41, 5.74) is -0.591. The van der Waals surface area contributed by atoms with Gasteiger partial charge in [-0.15, -0.1) is 0 Å². The van der Waals surface area contributed by atoms with E-state index < -0.39 is 27.8 Å². The molecule has 0 fully saturated rings. The molecule has 0 spiro atoms. The highest BCUT2D eigenvalue weighted by Crippen LogP contribution is 2.21. The molecule has 0 N–H and O–H groups in total. The zero-order chi connectivity index (χ0) is 13.1. The molecule has 0 aliphatic carbocycles. The predicted molar refractivity (Wildman–Crippen MR) is 61.6 cm³/mol. The number of hydrogen-bond acceptors (Lipinski definition) is 2. The molecule has 92 valence electrons. The van der Waals surface area contributed by atoms with Crippen molar-refractivity contribution in [1.29, 1.82) is 5.26 Å². The summed E-state index contributed by atoms with van der Waals surface area (Å²) in [5, 5.41) is 8.80. The molecule has 1 atom stereocenters. The summed E-state index contributed by atoms with van der Waals surface area (Å²) < 4.78 is 37.7. The molecular weight excluding hydrogens is 244 g/mol. The van der Waals surface area contributed by atoms with Crippen molar-refractivity contribution >= 4 is 10.8 Å². The molecule has 0 saturated heterocycles. The van der Waals surface area contributed by atoms with Gasteiger partial charge >= 0.3 is 0 Å². The largest absolute Gasteiger partial charge is 0.254 e. The van der Waals surface area contributed by atoms with Gasteiger partial charge in [-0.05, 0) is 32.4 Å². The zero-order valence-corrected chi connectivity index (χ0v) is 10.5. The highest BCUT2D eigenvalue weighted by molar-refractivity contribution is 7.85. The van der Waals surface area contributed by atoms with Crippen LogP contribution in [0.4, 0.5) is 8.78 Å². The second-order valence-corrected chi connectivity index (χ2v) is 5.91. The summed E-state index contributed by atoms with van der Waals surface area (Å²) in [6.07, 6.45) is 0.396. The first-order valence-corrected chi connectivity index (χ1v) is 6.42. The van der Waals surface area contributed by atoms with E-state index in [1.54, 1.807) is 13.8 Å². The van der Waals surface area contributed by atoms with Crippen molar-refractivity contribution in [3.63, 3.8) is 0 Å². The molecule has 0 radical (unpaired) electrons. The summed E-state index contributed by atoms with van der Waals surface area (Å²) >= 11 is 0. The molecule has 0 aliphatic heterocycles. The van der Waals surface area contributed by atoms with Crippen LogP contribution < -0.4 is 0 Å². The van der Waals surface area contributed by atoms with Crippen molar-refractivity contribution in [3.8, 4) is 6.07 Å². The van der Waals surface area contributed by atoms with Crippen LogP contribution in [0.2, 0.25) is 0 Å². The molecule has 0 heterocycles. The molecule has 0 aromatic heterocycles. The lowest BCUT2D eigenvalue weighted by Gasteiger charge is -2.14. The standard InChI is InChI=1S/C12H13F2NOS/c1-12(2,8-15)5-6-17(16)11-4-3-9(13)7-10(11)14/h3-4,7H,5-6H2,1-2H3. The lowest BCUT2D eigenvalue weighted by atomic mass is 9.93. The van der Waals surface area contributed by atoms with Gasteiger partial charge in [-0.2, -0.15) is 5.26 Å². The van der Waals surface area contributed by atoms with E-state index in [4.69, 9.17) is 5.26 Å². The molecule has 17 heavy (non-hydrogen) atoms. The molecule has 1 aromatic rings. The Morgan fingerprint density at radius 3 is 2.59 bits per heavy atom. The minimum Gasteiger partial charge on any atom is -0.254 e. The Balaban J connectivity index is 2.75.